The second-order valence-electron chi connectivity index (χ2n) is 3.45. The van der Waals surface area contributed by atoms with Gasteiger partial charge in [0.1, 0.15) is 0 Å². The van der Waals surface area contributed by atoms with Gasteiger partial charge in [0.15, 0.2) is 5.11 Å². The molecule has 0 atom stereocenters. The number of benzene rings is 1. The minimum Gasteiger partial charge on any atom is -0.383 e. The third-order valence-corrected chi connectivity index (χ3v) is 3.23. The molecule has 6 heteroatoms. The first-order valence-corrected chi connectivity index (χ1v) is 6.36. The van der Waals surface area contributed by atoms with Gasteiger partial charge in [-0.2, -0.15) is 4.37 Å². The van der Waals surface area contributed by atoms with E-state index in [2.05, 4.69) is 15.0 Å². The lowest BCUT2D eigenvalue weighted by Gasteiger charge is -2.09. The maximum absolute atomic E-state index is 5.16. The quantitative estimate of drug-likeness (QED) is 0.657. The van der Waals surface area contributed by atoms with Crippen molar-refractivity contribution in [1.82, 2.24) is 9.69 Å². The second-order valence-corrected chi connectivity index (χ2v) is 4.69. The van der Waals surface area contributed by atoms with Crippen molar-refractivity contribution in [2.75, 3.05) is 25.6 Å². The summed E-state index contributed by atoms with van der Waals surface area (Å²) >= 11 is 6.65. The molecule has 4 nitrogen and oxygen atoms in total. The predicted octanol–water partition coefficient (Wildman–Crippen LogP) is 2.23. The molecule has 2 N–H and O–H groups in total. The fourth-order valence-corrected chi connectivity index (χ4v) is 2.24. The smallest absolute Gasteiger partial charge is 0.170 e. The van der Waals surface area contributed by atoms with E-state index in [1.165, 1.54) is 16.2 Å². The first-order chi connectivity index (χ1) is 8.29. The molecule has 0 saturated heterocycles. The molecule has 1 heterocycles. The summed E-state index contributed by atoms with van der Waals surface area (Å²) in [7, 11) is 1.66. The van der Waals surface area contributed by atoms with Crippen LogP contribution in [0.15, 0.2) is 24.4 Å². The van der Waals surface area contributed by atoms with Gasteiger partial charge in [-0.25, -0.2) is 0 Å². The van der Waals surface area contributed by atoms with E-state index >= 15 is 0 Å². The van der Waals surface area contributed by atoms with Crippen LogP contribution in [-0.4, -0.2) is 29.7 Å². The molecule has 90 valence electrons. The van der Waals surface area contributed by atoms with Gasteiger partial charge in [-0.3, -0.25) is 0 Å². The molecule has 2 rings (SSSR count). The van der Waals surface area contributed by atoms with E-state index in [0.717, 1.165) is 11.1 Å². The molecule has 0 bridgehead atoms. The van der Waals surface area contributed by atoms with Gasteiger partial charge in [-0.15, -0.1) is 0 Å². The number of ether oxygens (including phenoxy) is 1. The monoisotopic (exact) mass is 267 g/mol. The van der Waals surface area contributed by atoms with Crippen LogP contribution in [0.25, 0.3) is 10.1 Å². The third kappa shape index (κ3) is 3.36. The van der Waals surface area contributed by atoms with E-state index in [-0.39, 0.29) is 0 Å². The topological polar surface area (TPSA) is 46.2 Å². The largest absolute Gasteiger partial charge is 0.383 e. The van der Waals surface area contributed by atoms with Crippen LogP contribution < -0.4 is 10.6 Å². The van der Waals surface area contributed by atoms with E-state index in [1.807, 2.05) is 24.4 Å². The first-order valence-electron chi connectivity index (χ1n) is 5.18. The highest BCUT2D eigenvalue weighted by Crippen LogP contribution is 2.21. The Morgan fingerprint density at radius 1 is 1.53 bits per heavy atom. The highest BCUT2D eigenvalue weighted by Gasteiger charge is 2.00. The fourth-order valence-electron chi connectivity index (χ4n) is 1.39. The molecule has 0 spiro atoms. The van der Waals surface area contributed by atoms with Gasteiger partial charge in [0, 0.05) is 30.9 Å². The zero-order chi connectivity index (χ0) is 12.1. The van der Waals surface area contributed by atoms with Crippen molar-refractivity contribution < 1.29 is 4.74 Å². The van der Waals surface area contributed by atoms with Crippen molar-refractivity contribution in [2.45, 2.75) is 0 Å². The molecule has 0 amide bonds. The molecule has 0 radical (unpaired) electrons. The van der Waals surface area contributed by atoms with Crippen LogP contribution >= 0.6 is 23.8 Å². The molecular formula is C11H13N3OS2. The molecule has 0 aliphatic carbocycles. The lowest BCUT2D eigenvalue weighted by Crippen LogP contribution is -2.31. The van der Waals surface area contributed by atoms with Crippen LogP contribution in [-0.2, 0) is 4.74 Å². The van der Waals surface area contributed by atoms with Crippen LogP contribution in [0.1, 0.15) is 0 Å². The summed E-state index contributed by atoms with van der Waals surface area (Å²) in [5, 5.41) is 7.91. The SMILES string of the molecule is COCCNC(=S)Nc1ccc2sncc2c1. The Morgan fingerprint density at radius 2 is 2.41 bits per heavy atom. The van der Waals surface area contributed by atoms with Gasteiger partial charge < -0.3 is 15.4 Å². The Labute approximate surface area is 109 Å². The number of rotatable bonds is 4. The number of methoxy groups -OCH3 is 1. The second kappa shape index (κ2) is 5.90. The maximum Gasteiger partial charge on any atom is 0.170 e. The molecule has 0 aliphatic rings. The zero-order valence-electron chi connectivity index (χ0n) is 9.40. The van der Waals surface area contributed by atoms with Crippen LogP contribution in [0.4, 0.5) is 5.69 Å². The fraction of sp³-hybridized carbons (Fsp3) is 0.273. The van der Waals surface area contributed by atoms with Gasteiger partial charge >= 0.3 is 0 Å². The third-order valence-electron chi connectivity index (χ3n) is 2.20. The van der Waals surface area contributed by atoms with Gasteiger partial charge in [0.05, 0.1) is 11.3 Å². The van der Waals surface area contributed by atoms with E-state index in [9.17, 15) is 0 Å². The molecule has 1 aromatic heterocycles. The number of aromatic nitrogens is 1. The number of anilines is 1. The molecule has 0 unspecified atom stereocenters. The van der Waals surface area contributed by atoms with Crippen molar-refractivity contribution >= 4 is 44.6 Å². The Bertz CT molecular complexity index is 512. The normalized spacial score (nSPS) is 10.4. The lowest BCUT2D eigenvalue weighted by atomic mass is 10.2. The van der Waals surface area contributed by atoms with Gasteiger partial charge in [0.2, 0.25) is 0 Å². The Hall–Kier alpha value is -1.24. The van der Waals surface area contributed by atoms with Crippen LogP contribution in [0.2, 0.25) is 0 Å². The maximum atomic E-state index is 5.16. The van der Waals surface area contributed by atoms with E-state index in [4.69, 9.17) is 17.0 Å². The van der Waals surface area contributed by atoms with E-state index in [0.29, 0.717) is 18.3 Å². The number of thiocarbonyl (C=S) groups is 1. The van der Waals surface area contributed by atoms with Crippen molar-refractivity contribution in [3.8, 4) is 0 Å². The van der Waals surface area contributed by atoms with Crippen LogP contribution in [0, 0.1) is 0 Å². The van der Waals surface area contributed by atoms with Crippen molar-refractivity contribution in [3.63, 3.8) is 0 Å². The van der Waals surface area contributed by atoms with Crippen LogP contribution in [0.3, 0.4) is 0 Å². The minimum atomic E-state index is 0.601. The number of hydrogen-bond donors (Lipinski definition) is 2. The summed E-state index contributed by atoms with van der Waals surface area (Å²) in [6.45, 7) is 1.33. The molecule has 17 heavy (non-hydrogen) atoms. The van der Waals surface area contributed by atoms with Gasteiger partial charge in [-0.05, 0) is 41.9 Å². The summed E-state index contributed by atoms with van der Waals surface area (Å²) in [6, 6.07) is 6.06. The van der Waals surface area contributed by atoms with Gasteiger partial charge in [-0.1, -0.05) is 0 Å². The van der Waals surface area contributed by atoms with Crippen molar-refractivity contribution in [2.24, 2.45) is 0 Å². The highest BCUT2D eigenvalue weighted by atomic mass is 32.1. The molecule has 0 fully saturated rings. The first kappa shape index (κ1) is 12.2. The number of fused-ring (bicyclic) bond motifs is 1. The number of nitrogens with zero attached hydrogens (tertiary/aromatic N) is 1. The molecule has 1 aromatic carbocycles. The Morgan fingerprint density at radius 3 is 3.24 bits per heavy atom. The summed E-state index contributed by atoms with van der Waals surface area (Å²) in [5.41, 5.74) is 0.965. The average Bonchev–Trinajstić information content (AvgIpc) is 2.76. The molecular weight excluding hydrogens is 254 g/mol. The van der Waals surface area contributed by atoms with Gasteiger partial charge in [0.25, 0.3) is 0 Å². The molecule has 0 saturated carbocycles. The van der Waals surface area contributed by atoms with Crippen molar-refractivity contribution in [3.05, 3.63) is 24.4 Å². The van der Waals surface area contributed by atoms with E-state index in [1.54, 1.807) is 7.11 Å². The standard InChI is InChI=1S/C11H13N3OS2/c1-15-5-4-12-11(16)14-9-2-3-10-8(6-9)7-13-17-10/h2-3,6-7H,4-5H2,1H3,(H2,12,14,16). The summed E-state index contributed by atoms with van der Waals surface area (Å²) < 4.78 is 10.2. The predicted molar refractivity (Wildman–Crippen MR) is 75.7 cm³/mol. The molecule has 0 aliphatic heterocycles. The highest BCUT2D eigenvalue weighted by molar-refractivity contribution is 7.80. The van der Waals surface area contributed by atoms with Crippen LogP contribution in [0.5, 0.6) is 0 Å². The van der Waals surface area contributed by atoms with Crippen molar-refractivity contribution in [1.29, 1.82) is 0 Å². The zero-order valence-corrected chi connectivity index (χ0v) is 11.0. The summed E-state index contributed by atoms with van der Waals surface area (Å²) in [4.78, 5) is 0. The Kier molecular flexibility index (Phi) is 4.24. The number of hydrogen-bond acceptors (Lipinski definition) is 4. The average molecular weight is 267 g/mol. The summed E-state index contributed by atoms with van der Waals surface area (Å²) in [5.74, 6) is 0. The number of nitrogens with one attached hydrogen (secondary N) is 2. The minimum absolute atomic E-state index is 0.601. The van der Waals surface area contributed by atoms with E-state index < -0.39 is 0 Å². The lowest BCUT2D eigenvalue weighted by molar-refractivity contribution is 0.204. The molecule has 2 aromatic rings. The summed E-state index contributed by atoms with van der Waals surface area (Å²) in [6.07, 6.45) is 1.85. The Balaban J connectivity index is 1.95.